The van der Waals surface area contributed by atoms with Crippen molar-refractivity contribution in [3.05, 3.63) is 38.9 Å². The molecule has 5 heteroatoms. The number of methoxy groups -OCH3 is 1. The number of fused-ring (bicyclic) bond motifs is 1. The Morgan fingerprint density at radius 2 is 2.00 bits per heavy atom. The first-order valence-corrected chi connectivity index (χ1v) is 8.43. The lowest BCUT2D eigenvalue weighted by Crippen LogP contribution is -2.44. The third-order valence-electron chi connectivity index (χ3n) is 5.50. The number of pyridine rings is 1. The van der Waals surface area contributed by atoms with Crippen molar-refractivity contribution in [2.45, 2.75) is 39.2 Å². The lowest BCUT2D eigenvalue weighted by molar-refractivity contribution is -0.0132. The lowest BCUT2D eigenvalue weighted by atomic mass is 9.92. The van der Waals surface area contributed by atoms with Crippen LogP contribution in [-0.4, -0.2) is 30.8 Å². The molecule has 2 aromatic rings. The van der Waals surface area contributed by atoms with E-state index >= 15 is 0 Å². The summed E-state index contributed by atoms with van der Waals surface area (Å²) < 4.78 is 20.3. The van der Waals surface area contributed by atoms with Crippen molar-refractivity contribution < 1.29 is 9.13 Å². The fraction of sp³-hybridized carbons (Fsp3) is 0.450. The number of hydrogen-bond donors (Lipinski definition) is 1. The molecule has 1 saturated heterocycles. The smallest absolute Gasteiger partial charge is 0.266 e. The lowest BCUT2D eigenvalue weighted by Gasteiger charge is -2.40. The Balaban J connectivity index is 2.23. The second-order valence-electron chi connectivity index (χ2n) is 7.02. The summed E-state index contributed by atoms with van der Waals surface area (Å²) in [5, 5.41) is 0.661. The predicted molar refractivity (Wildman–Crippen MR) is 98.8 cm³/mol. The molecular weight excluding hydrogens is 319 g/mol. The standard InChI is InChI=1S/C20H23FN2O2/c1-6-14-18(23-9-7-20(4,25-5)8-10-23)15-11-12(2)13(3)16(21)17(15)22-19(14)24/h1,11H,7-10H2,2-5H3,(H,22,24). The van der Waals surface area contributed by atoms with E-state index in [0.29, 0.717) is 29.7 Å². The number of nitrogens with zero attached hydrogens (tertiary/aromatic N) is 1. The van der Waals surface area contributed by atoms with Gasteiger partial charge in [0, 0.05) is 25.6 Å². The van der Waals surface area contributed by atoms with Gasteiger partial charge in [-0.15, -0.1) is 6.42 Å². The highest BCUT2D eigenvalue weighted by Crippen LogP contribution is 2.35. The molecule has 2 heterocycles. The maximum absolute atomic E-state index is 14.7. The van der Waals surface area contributed by atoms with Crippen LogP contribution in [0.3, 0.4) is 0 Å². The van der Waals surface area contributed by atoms with Crippen molar-refractivity contribution in [3.63, 3.8) is 0 Å². The quantitative estimate of drug-likeness (QED) is 0.852. The maximum atomic E-state index is 14.7. The Hall–Kier alpha value is -2.32. The van der Waals surface area contributed by atoms with Crippen LogP contribution in [0.5, 0.6) is 0 Å². The molecule has 4 nitrogen and oxygen atoms in total. The number of hydrogen-bond acceptors (Lipinski definition) is 3. The molecule has 132 valence electrons. The van der Waals surface area contributed by atoms with Gasteiger partial charge in [0.1, 0.15) is 5.56 Å². The van der Waals surface area contributed by atoms with Gasteiger partial charge in [0.2, 0.25) is 0 Å². The van der Waals surface area contributed by atoms with Crippen LogP contribution in [0.1, 0.15) is 36.5 Å². The van der Waals surface area contributed by atoms with Gasteiger partial charge in [0.05, 0.1) is 16.8 Å². The molecule has 1 aromatic heterocycles. The van der Waals surface area contributed by atoms with Gasteiger partial charge in [-0.3, -0.25) is 4.79 Å². The number of terminal acetylenes is 1. The van der Waals surface area contributed by atoms with E-state index in [4.69, 9.17) is 11.2 Å². The summed E-state index contributed by atoms with van der Waals surface area (Å²) >= 11 is 0. The molecule has 3 rings (SSSR count). The van der Waals surface area contributed by atoms with Crippen molar-refractivity contribution in [2.24, 2.45) is 0 Å². The van der Waals surface area contributed by atoms with Gasteiger partial charge in [0.15, 0.2) is 5.82 Å². The summed E-state index contributed by atoms with van der Waals surface area (Å²) in [7, 11) is 1.71. The largest absolute Gasteiger partial charge is 0.378 e. The molecule has 1 aromatic carbocycles. The molecule has 1 N–H and O–H groups in total. The molecule has 0 amide bonds. The molecule has 0 aliphatic carbocycles. The summed E-state index contributed by atoms with van der Waals surface area (Å²) in [5.74, 6) is 2.11. The van der Waals surface area contributed by atoms with Crippen LogP contribution >= 0.6 is 0 Å². The van der Waals surface area contributed by atoms with E-state index < -0.39 is 11.4 Å². The van der Waals surface area contributed by atoms with Crippen LogP contribution in [0.25, 0.3) is 10.9 Å². The van der Waals surface area contributed by atoms with Crippen molar-refractivity contribution in [2.75, 3.05) is 25.1 Å². The Labute approximate surface area is 147 Å². The van der Waals surface area contributed by atoms with E-state index in [1.807, 2.05) is 13.0 Å². The maximum Gasteiger partial charge on any atom is 0.266 e. The van der Waals surface area contributed by atoms with Gasteiger partial charge >= 0.3 is 0 Å². The molecule has 1 fully saturated rings. The molecule has 25 heavy (non-hydrogen) atoms. The number of halogens is 1. The Morgan fingerprint density at radius 3 is 2.56 bits per heavy atom. The number of nitrogens with one attached hydrogen (secondary N) is 1. The zero-order valence-corrected chi connectivity index (χ0v) is 15.1. The normalized spacial score (nSPS) is 16.9. The van der Waals surface area contributed by atoms with E-state index in [1.54, 1.807) is 14.0 Å². The highest BCUT2D eigenvalue weighted by molar-refractivity contribution is 5.96. The van der Waals surface area contributed by atoms with Crippen molar-refractivity contribution in [3.8, 4) is 12.3 Å². The van der Waals surface area contributed by atoms with Crippen LogP contribution in [0.15, 0.2) is 10.9 Å². The Bertz CT molecular complexity index is 932. The van der Waals surface area contributed by atoms with E-state index in [0.717, 1.165) is 18.4 Å². The number of benzene rings is 1. The van der Waals surface area contributed by atoms with Gasteiger partial charge in [-0.05, 0) is 50.8 Å². The highest BCUT2D eigenvalue weighted by atomic mass is 19.1. The Kier molecular flexibility index (Phi) is 4.34. The monoisotopic (exact) mass is 342 g/mol. The average Bonchev–Trinajstić information content (AvgIpc) is 2.61. The molecule has 0 spiro atoms. The number of aromatic amines is 1. The summed E-state index contributed by atoms with van der Waals surface area (Å²) in [6.07, 6.45) is 7.25. The van der Waals surface area contributed by atoms with Crippen molar-refractivity contribution in [1.82, 2.24) is 4.98 Å². The number of piperidine rings is 1. The number of aryl methyl sites for hydroxylation is 1. The zero-order valence-electron chi connectivity index (χ0n) is 15.1. The Morgan fingerprint density at radius 1 is 1.36 bits per heavy atom. The van der Waals surface area contributed by atoms with Crippen LogP contribution in [0.4, 0.5) is 10.1 Å². The first-order valence-electron chi connectivity index (χ1n) is 8.43. The molecule has 1 aliphatic rings. The molecule has 0 unspecified atom stereocenters. The minimum absolute atomic E-state index is 0.179. The third-order valence-corrected chi connectivity index (χ3v) is 5.50. The van der Waals surface area contributed by atoms with Gasteiger partial charge in [0.25, 0.3) is 5.56 Å². The second kappa shape index (κ2) is 6.20. The van der Waals surface area contributed by atoms with Gasteiger partial charge in [-0.1, -0.05) is 5.92 Å². The fourth-order valence-electron chi connectivity index (χ4n) is 3.47. The fourth-order valence-corrected chi connectivity index (χ4v) is 3.47. The number of H-pyrrole nitrogens is 1. The minimum atomic E-state index is -0.424. The number of rotatable bonds is 2. The summed E-state index contributed by atoms with van der Waals surface area (Å²) in [6, 6.07) is 1.91. The first-order chi connectivity index (χ1) is 11.8. The summed E-state index contributed by atoms with van der Waals surface area (Å²) in [6.45, 7) is 7.05. The van der Waals surface area contributed by atoms with Crippen LogP contribution in [-0.2, 0) is 4.74 Å². The van der Waals surface area contributed by atoms with Crippen molar-refractivity contribution >= 4 is 16.6 Å². The topological polar surface area (TPSA) is 45.3 Å². The molecule has 0 saturated carbocycles. The molecule has 1 aliphatic heterocycles. The highest BCUT2D eigenvalue weighted by Gasteiger charge is 2.32. The average molecular weight is 342 g/mol. The van der Waals surface area contributed by atoms with Crippen molar-refractivity contribution in [1.29, 1.82) is 0 Å². The summed E-state index contributed by atoms with van der Waals surface area (Å²) in [4.78, 5) is 17.2. The van der Waals surface area contributed by atoms with Crippen LogP contribution < -0.4 is 10.5 Å². The first kappa shape index (κ1) is 17.5. The van der Waals surface area contributed by atoms with Gasteiger partial charge in [-0.2, -0.15) is 0 Å². The van der Waals surface area contributed by atoms with E-state index in [2.05, 4.69) is 22.7 Å². The van der Waals surface area contributed by atoms with Gasteiger partial charge < -0.3 is 14.6 Å². The number of anilines is 1. The number of ether oxygens (including phenoxy) is 1. The summed E-state index contributed by atoms with van der Waals surface area (Å²) in [5.41, 5.74) is 1.90. The third kappa shape index (κ3) is 2.81. The molecule has 0 atom stereocenters. The minimum Gasteiger partial charge on any atom is -0.378 e. The van der Waals surface area contributed by atoms with E-state index in [1.165, 1.54) is 0 Å². The van der Waals surface area contributed by atoms with E-state index in [9.17, 15) is 9.18 Å². The SMILES string of the molecule is C#Cc1c(N2CCC(C)(OC)CC2)c2cc(C)c(C)c(F)c2[nH]c1=O. The number of aromatic nitrogens is 1. The molecule has 0 radical (unpaired) electrons. The van der Waals surface area contributed by atoms with Crippen LogP contribution in [0.2, 0.25) is 0 Å². The zero-order chi connectivity index (χ0) is 18.4. The second-order valence-corrected chi connectivity index (χ2v) is 7.02. The predicted octanol–water partition coefficient (Wildman–Crippen LogP) is 3.27. The molecule has 0 bridgehead atoms. The van der Waals surface area contributed by atoms with E-state index in [-0.39, 0.29) is 16.7 Å². The van der Waals surface area contributed by atoms with Crippen LogP contribution in [0, 0.1) is 32.0 Å². The van der Waals surface area contributed by atoms with Gasteiger partial charge in [-0.25, -0.2) is 4.39 Å². The molecular formula is C20H23FN2O2.